The molecule has 0 spiro atoms. The van der Waals surface area contributed by atoms with Gasteiger partial charge in [0.05, 0.1) is 12.8 Å². The van der Waals surface area contributed by atoms with Gasteiger partial charge in [0.15, 0.2) is 0 Å². The Kier molecular flexibility index (Phi) is 3.99. The van der Waals surface area contributed by atoms with Crippen LogP contribution in [0.15, 0.2) is 22.8 Å². The van der Waals surface area contributed by atoms with E-state index in [-0.39, 0.29) is 0 Å². The molecule has 0 aliphatic carbocycles. The van der Waals surface area contributed by atoms with E-state index in [1.807, 2.05) is 12.1 Å². The first-order valence-corrected chi connectivity index (χ1v) is 4.70. The molecule has 1 heterocycles. The van der Waals surface area contributed by atoms with Crippen LogP contribution >= 0.6 is 0 Å². The molecule has 0 amide bonds. The van der Waals surface area contributed by atoms with Crippen molar-refractivity contribution in [1.82, 2.24) is 4.90 Å². The lowest BCUT2D eigenvalue weighted by molar-refractivity contribution is 0.202. The Morgan fingerprint density at radius 3 is 2.77 bits per heavy atom. The van der Waals surface area contributed by atoms with E-state index >= 15 is 0 Å². The average Bonchev–Trinajstić information content (AvgIpc) is 2.56. The minimum atomic E-state index is 0.508. The minimum Gasteiger partial charge on any atom is -0.468 e. The van der Waals surface area contributed by atoms with Gasteiger partial charge in [-0.05, 0) is 26.0 Å². The summed E-state index contributed by atoms with van der Waals surface area (Å²) in [6, 6.07) is 4.41. The van der Waals surface area contributed by atoms with Crippen molar-refractivity contribution in [2.24, 2.45) is 5.73 Å². The van der Waals surface area contributed by atoms with Crippen LogP contribution in [0.2, 0.25) is 0 Å². The molecule has 0 unspecified atom stereocenters. The van der Waals surface area contributed by atoms with E-state index in [4.69, 9.17) is 10.2 Å². The van der Waals surface area contributed by atoms with E-state index in [0.29, 0.717) is 12.6 Å². The molecule has 0 radical (unpaired) electrons. The fraction of sp³-hybridized carbons (Fsp3) is 0.600. The van der Waals surface area contributed by atoms with Gasteiger partial charge in [0, 0.05) is 19.1 Å². The van der Waals surface area contributed by atoms with Crippen molar-refractivity contribution in [3.63, 3.8) is 0 Å². The van der Waals surface area contributed by atoms with Gasteiger partial charge in [-0.3, -0.25) is 4.90 Å². The van der Waals surface area contributed by atoms with Crippen LogP contribution in [0.3, 0.4) is 0 Å². The van der Waals surface area contributed by atoms with E-state index in [2.05, 4.69) is 18.7 Å². The second-order valence-corrected chi connectivity index (χ2v) is 3.43. The van der Waals surface area contributed by atoms with Gasteiger partial charge < -0.3 is 10.2 Å². The molecule has 13 heavy (non-hydrogen) atoms. The summed E-state index contributed by atoms with van der Waals surface area (Å²) < 4.78 is 5.28. The summed E-state index contributed by atoms with van der Waals surface area (Å²) in [4.78, 5) is 2.29. The van der Waals surface area contributed by atoms with Crippen molar-refractivity contribution in [3.8, 4) is 0 Å². The maximum Gasteiger partial charge on any atom is 0.117 e. The van der Waals surface area contributed by atoms with Crippen LogP contribution in [-0.4, -0.2) is 24.0 Å². The molecule has 0 aliphatic rings. The average molecular weight is 182 g/mol. The highest BCUT2D eigenvalue weighted by Gasteiger charge is 2.09. The largest absolute Gasteiger partial charge is 0.468 e. The number of furan rings is 1. The number of nitrogens with zero attached hydrogens (tertiary/aromatic N) is 1. The van der Waals surface area contributed by atoms with Crippen LogP contribution in [0.4, 0.5) is 0 Å². The van der Waals surface area contributed by atoms with Gasteiger partial charge in [-0.25, -0.2) is 0 Å². The second kappa shape index (κ2) is 5.04. The predicted molar refractivity (Wildman–Crippen MR) is 53.3 cm³/mol. The number of hydrogen-bond acceptors (Lipinski definition) is 3. The molecule has 2 N–H and O–H groups in total. The van der Waals surface area contributed by atoms with E-state index < -0.39 is 0 Å². The van der Waals surface area contributed by atoms with Crippen molar-refractivity contribution < 1.29 is 4.42 Å². The highest BCUT2D eigenvalue weighted by molar-refractivity contribution is 4.98. The molecule has 0 bridgehead atoms. The van der Waals surface area contributed by atoms with Crippen LogP contribution in [0, 0.1) is 0 Å². The lowest BCUT2D eigenvalue weighted by atomic mass is 10.3. The van der Waals surface area contributed by atoms with E-state index in [1.54, 1.807) is 6.26 Å². The summed E-state index contributed by atoms with van der Waals surface area (Å²) in [6.45, 7) is 6.79. The molecule has 1 aromatic rings. The smallest absolute Gasteiger partial charge is 0.117 e. The molecule has 0 aliphatic heterocycles. The zero-order chi connectivity index (χ0) is 9.68. The third kappa shape index (κ3) is 3.20. The molecular formula is C10H18N2O. The lowest BCUT2D eigenvalue weighted by Crippen LogP contribution is -2.34. The summed E-state index contributed by atoms with van der Waals surface area (Å²) >= 11 is 0. The predicted octanol–water partition coefficient (Wildman–Crippen LogP) is 1.45. The Hall–Kier alpha value is -0.800. The quantitative estimate of drug-likeness (QED) is 0.749. The minimum absolute atomic E-state index is 0.508. The van der Waals surface area contributed by atoms with E-state index in [0.717, 1.165) is 18.8 Å². The van der Waals surface area contributed by atoms with Crippen molar-refractivity contribution >= 4 is 0 Å². The highest BCUT2D eigenvalue weighted by Crippen LogP contribution is 2.07. The maximum absolute atomic E-state index is 5.52. The van der Waals surface area contributed by atoms with Crippen molar-refractivity contribution in [2.75, 3.05) is 13.1 Å². The summed E-state index contributed by atoms with van der Waals surface area (Å²) in [5.74, 6) is 1.00. The Morgan fingerprint density at radius 2 is 2.31 bits per heavy atom. The van der Waals surface area contributed by atoms with Gasteiger partial charge in [0.1, 0.15) is 5.76 Å². The van der Waals surface area contributed by atoms with Gasteiger partial charge in [0.2, 0.25) is 0 Å². The molecule has 0 aromatic carbocycles. The van der Waals surface area contributed by atoms with Crippen molar-refractivity contribution in [2.45, 2.75) is 26.4 Å². The van der Waals surface area contributed by atoms with Gasteiger partial charge in [-0.2, -0.15) is 0 Å². The number of nitrogens with two attached hydrogens (primary N) is 1. The van der Waals surface area contributed by atoms with Crippen LogP contribution in [0.1, 0.15) is 19.6 Å². The van der Waals surface area contributed by atoms with Gasteiger partial charge in [-0.1, -0.05) is 0 Å². The molecule has 3 nitrogen and oxygen atoms in total. The third-order valence-electron chi connectivity index (χ3n) is 2.09. The fourth-order valence-electron chi connectivity index (χ4n) is 1.29. The second-order valence-electron chi connectivity index (χ2n) is 3.43. The Labute approximate surface area is 79.5 Å². The lowest BCUT2D eigenvalue weighted by Gasteiger charge is -2.24. The maximum atomic E-state index is 5.52. The standard InChI is InChI=1S/C10H18N2O/c1-9(2)12(6-5-11)8-10-4-3-7-13-10/h3-4,7,9H,5-6,8,11H2,1-2H3. The first-order valence-electron chi connectivity index (χ1n) is 4.70. The number of rotatable bonds is 5. The zero-order valence-corrected chi connectivity index (χ0v) is 8.36. The molecule has 0 atom stereocenters. The summed E-state index contributed by atoms with van der Waals surface area (Å²) in [5.41, 5.74) is 5.52. The van der Waals surface area contributed by atoms with Crippen molar-refractivity contribution in [1.29, 1.82) is 0 Å². The Morgan fingerprint density at radius 1 is 1.54 bits per heavy atom. The molecular weight excluding hydrogens is 164 g/mol. The van der Waals surface area contributed by atoms with Crippen LogP contribution < -0.4 is 5.73 Å². The molecule has 0 saturated carbocycles. The first-order chi connectivity index (χ1) is 6.24. The summed E-state index contributed by atoms with van der Waals surface area (Å²) in [7, 11) is 0. The van der Waals surface area contributed by atoms with E-state index in [9.17, 15) is 0 Å². The van der Waals surface area contributed by atoms with Crippen LogP contribution in [0.25, 0.3) is 0 Å². The Balaban J connectivity index is 2.47. The first kappa shape index (κ1) is 10.3. The topological polar surface area (TPSA) is 42.4 Å². The normalized spacial score (nSPS) is 11.5. The highest BCUT2D eigenvalue weighted by atomic mass is 16.3. The zero-order valence-electron chi connectivity index (χ0n) is 8.36. The van der Waals surface area contributed by atoms with Gasteiger partial charge in [-0.15, -0.1) is 0 Å². The monoisotopic (exact) mass is 182 g/mol. The molecule has 0 fully saturated rings. The van der Waals surface area contributed by atoms with Crippen LogP contribution in [-0.2, 0) is 6.54 Å². The van der Waals surface area contributed by atoms with Crippen LogP contribution in [0.5, 0.6) is 0 Å². The number of hydrogen-bond donors (Lipinski definition) is 1. The summed E-state index contributed by atoms with van der Waals surface area (Å²) in [6.07, 6.45) is 1.70. The molecule has 74 valence electrons. The third-order valence-corrected chi connectivity index (χ3v) is 2.09. The summed E-state index contributed by atoms with van der Waals surface area (Å²) in [5, 5.41) is 0. The fourth-order valence-corrected chi connectivity index (χ4v) is 1.29. The van der Waals surface area contributed by atoms with Crippen molar-refractivity contribution in [3.05, 3.63) is 24.2 Å². The molecule has 1 rings (SSSR count). The van der Waals surface area contributed by atoms with E-state index in [1.165, 1.54) is 0 Å². The Bertz CT molecular complexity index is 219. The SMILES string of the molecule is CC(C)N(CCN)Cc1ccco1. The molecule has 0 saturated heterocycles. The molecule has 3 heteroatoms. The van der Waals surface area contributed by atoms with Gasteiger partial charge >= 0.3 is 0 Å². The van der Waals surface area contributed by atoms with Gasteiger partial charge in [0.25, 0.3) is 0 Å². The molecule has 1 aromatic heterocycles.